The summed E-state index contributed by atoms with van der Waals surface area (Å²) in [5, 5.41) is 4.82. The molecule has 0 aliphatic rings. The lowest BCUT2D eigenvalue weighted by Crippen LogP contribution is -2.38. The highest BCUT2D eigenvalue weighted by Gasteiger charge is 2.13. The number of nitrogens with one attached hydrogen (secondary N) is 2. The fourth-order valence-electron chi connectivity index (χ4n) is 1.46. The molecule has 0 aliphatic heterocycles. The summed E-state index contributed by atoms with van der Waals surface area (Å²) < 4.78 is 18.4. The Balaban J connectivity index is 2.77. The van der Waals surface area contributed by atoms with Crippen molar-refractivity contribution in [1.82, 2.24) is 10.6 Å². The van der Waals surface area contributed by atoms with Gasteiger partial charge in [0.25, 0.3) is 5.91 Å². The third-order valence-electron chi connectivity index (χ3n) is 2.49. The second-order valence-electron chi connectivity index (χ2n) is 3.89. The highest BCUT2D eigenvalue weighted by Crippen LogP contribution is 2.25. The minimum absolute atomic E-state index is 0.148. The highest BCUT2D eigenvalue weighted by atomic mass is 19.1. The molecule has 104 valence electrons. The molecule has 0 aromatic heterocycles. The minimum atomic E-state index is -0.948. The van der Waals surface area contributed by atoms with Crippen molar-refractivity contribution < 1.29 is 18.7 Å². The number of nitrogens with two attached hydrogens (primary N) is 1. The monoisotopic (exact) mass is 269 g/mol. The van der Waals surface area contributed by atoms with E-state index in [0.717, 1.165) is 0 Å². The first-order valence-corrected chi connectivity index (χ1v) is 5.62. The van der Waals surface area contributed by atoms with Crippen molar-refractivity contribution in [2.45, 2.75) is 13.0 Å². The molecule has 1 unspecified atom stereocenters. The molecule has 4 N–H and O–H groups in total. The zero-order chi connectivity index (χ0) is 14.4. The largest absolute Gasteiger partial charge is 0.483 e. The third-order valence-corrected chi connectivity index (χ3v) is 2.49. The highest BCUT2D eigenvalue weighted by molar-refractivity contribution is 5.94. The van der Waals surface area contributed by atoms with Crippen LogP contribution in [0.5, 0.6) is 5.75 Å². The van der Waals surface area contributed by atoms with E-state index in [9.17, 15) is 14.0 Å². The van der Waals surface area contributed by atoms with Gasteiger partial charge in [-0.1, -0.05) is 0 Å². The molecule has 3 amide bonds. The van der Waals surface area contributed by atoms with Crippen molar-refractivity contribution >= 4 is 11.9 Å². The van der Waals surface area contributed by atoms with Crippen molar-refractivity contribution in [3.05, 3.63) is 29.6 Å². The molecule has 0 spiro atoms. The molecule has 0 saturated carbocycles. The second-order valence-corrected chi connectivity index (χ2v) is 3.89. The van der Waals surface area contributed by atoms with E-state index in [-0.39, 0.29) is 12.6 Å². The van der Waals surface area contributed by atoms with Gasteiger partial charge in [0, 0.05) is 11.6 Å². The first-order chi connectivity index (χ1) is 8.93. The molecule has 6 nitrogen and oxygen atoms in total. The number of hydrogen-bond acceptors (Lipinski definition) is 4. The zero-order valence-corrected chi connectivity index (χ0v) is 10.7. The van der Waals surface area contributed by atoms with Crippen molar-refractivity contribution in [1.29, 1.82) is 0 Å². The average Bonchev–Trinajstić information content (AvgIpc) is 2.35. The molecule has 0 heterocycles. The molecule has 1 aromatic rings. The first kappa shape index (κ1) is 14.9. The fraction of sp³-hybridized carbons (Fsp3) is 0.333. The Morgan fingerprint density at radius 3 is 2.74 bits per heavy atom. The summed E-state index contributed by atoms with van der Waals surface area (Å²) in [5.41, 5.74) is 5.37. The van der Waals surface area contributed by atoms with Crippen molar-refractivity contribution in [3.63, 3.8) is 0 Å². The number of imide groups is 1. The van der Waals surface area contributed by atoms with Crippen LogP contribution >= 0.6 is 0 Å². The number of carbonyl (C=O) groups is 2. The van der Waals surface area contributed by atoms with Gasteiger partial charge in [-0.05, 0) is 32.2 Å². The number of benzene rings is 1. The SMILES string of the molecule is CNC(C)c1cc(F)ccc1OCC(=O)NC(N)=O. The van der Waals surface area contributed by atoms with Gasteiger partial charge in [0.15, 0.2) is 6.61 Å². The van der Waals surface area contributed by atoms with Crippen LogP contribution in [0.3, 0.4) is 0 Å². The van der Waals surface area contributed by atoms with Crippen LogP contribution < -0.4 is 21.1 Å². The van der Waals surface area contributed by atoms with E-state index >= 15 is 0 Å². The summed E-state index contributed by atoms with van der Waals surface area (Å²) in [6, 6.07) is 2.88. The van der Waals surface area contributed by atoms with E-state index in [1.165, 1.54) is 18.2 Å². The summed E-state index contributed by atoms with van der Waals surface area (Å²) in [6.45, 7) is 1.45. The van der Waals surface area contributed by atoms with Crippen LogP contribution in [0.4, 0.5) is 9.18 Å². The van der Waals surface area contributed by atoms with Crippen molar-refractivity contribution in [2.75, 3.05) is 13.7 Å². The average molecular weight is 269 g/mol. The van der Waals surface area contributed by atoms with Gasteiger partial charge >= 0.3 is 6.03 Å². The number of rotatable bonds is 5. The predicted octanol–water partition coefficient (Wildman–Crippen LogP) is 0.680. The molecular weight excluding hydrogens is 253 g/mol. The predicted molar refractivity (Wildman–Crippen MR) is 67.1 cm³/mol. The Bertz CT molecular complexity index is 479. The van der Waals surface area contributed by atoms with Crippen molar-refractivity contribution in [3.8, 4) is 5.75 Å². The van der Waals surface area contributed by atoms with Crippen LogP contribution in [-0.4, -0.2) is 25.6 Å². The summed E-state index contributed by atoms with van der Waals surface area (Å²) in [4.78, 5) is 21.7. The molecule has 0 radical (unpaired) electrons. The van der Waals surface area contributed by atoms with E-state index in [2.05, 4.69) is 5.32 Å². The number of carbonyl (C=O) groups excluding carboxylic acids is 2. The van der Waals surface area contributed by atoms with Crippen LogP contribution in [0.1, 0.15) is 18.5 Å². The Labute approximate surface area is 110 Å². The lowest BCUT2D eigenvalue weighted by molar-refractivity contribution is -0.121. The van der Waals surface area contributed by atoms with Crippen molar-refractivity contribution in [2.24, 2.45) is 5.73 Å². The zero-order valence-electron chi connectivity index (χ0n) is 10.7. The van der Waals surface area contributed by atoms with Crippen LogP contribution in [0.15, 0.2) is 18.2 Å². The van der Waals surface area contributed by atoms with Gasteiger partial charge in [-0.15, -0.1) is 0 Å². The molecule has 0 aliphatic carbocycles. The van der Waals surface area contributed by atoms with Gasteiger partial charge in [0.05, 0.1) is 0 Å². The lowest BCUT2D eigenvalue weighted by Gasteiger charge is -2.16. The molecule has 0 saturated heterocycles. The molecule has 19 heavy (non-hydrogen) atoms. The van der Waals surface area contributed by atoms with Crippen LogP contribution in [-0.2, 0) is 4.79 Å². The molecule has 0 bridgehead atoms. The molecule has 1 atom stereocenters. The molecule has 7 heteroatoms. The molecule has 0 fully saturated rings. The van der Waals surface area contributed by atoms with E-state index < -0.39 is 17.8 Å². The van der Waals surface area contributed by atoms with Crippen LogP contribution in [0.25, 0.3) is 0 Å². The smallest absolute Gasteiger partial charge is 0.318 e. The number of halogens is 1. The first-order valence-electron chi connectivity index (χ1n) is 5.62. The van der Waals surface area contributed by atoms with Gasteiger partial charge in [-0.25, -0.2) is 9.18 Å². The summed E-state index contributed by atoms with van der Waals surface area (Å²) >= 11 is 0. The van der Waals surface area contributed by atoms with E-state index in [1.807, 2.05) is 12.2 Å². The Morgan fingerprint density at radius 1 is 1.47 bits per heavy atom. The summed E-state index contributed by atoms with van der Waals surface area (Å²) in [5.74, 6) is -0.700. The summed E-state index contributed by atoms with van der Waals surface area (Å²) in [7, 11) is 1.72. The molecular formula is C12H16FN3O3. The molecule has 1 aromatic carbocycles. The molecule has 1 rings (SSSR count). The van der Waals surface area contributed by atoms with Gasteiger partial charge in [-0.3, -0.25) is 10.1 Å². The van der Waals surface area contributed by atoms with Crippen LogP contribution in [0, 0.1) is 5.82 Å². The number of urea groups is 1. The number of primary amides is 1. The number of amides is 3. The van der Waals surface area contributed by atoms with Gasteiger partial charge in [0.1, 0.15) is 11.6 Å². The minimum Gasteiger partial charge on any atom is -0.483 e. The fourth-order valence-corrected chi connectivity index (χ4v) is 1.46. The van der Waals surface area contributed by atoms with E-state index in [0.29, 0.717) is 11.3 Å². The standard InChI is InChI=1S/C12H16FN3O3/c1-7(15-2)9-5-8(13)3-4-10(9)19-6-11(17)16-12(14)18/h3-5,7,15H,6H2,1-2H3,(H3,14,16,17,18). The number of ether oxygens (including phenoxy) is 1. The Kier molecular flexibility index (Phi) is 5.25. The maximum atomic E-state index is 13.2. The quantitative estimate of drug-likeness (QED) is 0.732. The normalized spacial score (nSPS) is 11.7. The van der Waals surface area contributed by atoms with Gasteiger partial charge < -0.3 is 15.8 Å². The number of hydrogen-bond donors (Lipinski definition) is 3. The van der Waals surface area contributed by atoms with E-state index in [1.54, 1.807) is 7.05 Å². The van der Waals surface area contributed by atoms with Gasteiger partial charge in [0.2, 0.25) is 0 Å². The maximum absolute atomic E-state index is 13.2. The Hall–Kier alpha value is -2.15. The second kappa shape index (κ2) is 6.69. The third kappa shape index (κ3) is 4.55. The van der Waals surface area contributed by atoms with E-state index in [4.69, 9.17) is 10.5 Å². The lowest BCUT2D eigenvalue weighted by atomic mass is 10.1. The summed E-state index contributed by atoms with van der Waals surface area (Å²) in [6.07, 6.45) is 0. The topological polar surface area (TPSA) is 93.4 Å². The Morgan fingerprint density at radius 2 is 2.16 bits per heavy atom. The van der Waals surface area contributed by atoms with Gasteiger partial charge in [-0.2, -0.15) is 0 Å². The van der Waals surface area contributed by atoms with Crippen LogP contribution in [0.2, 0.25) is 0 Å². The maximum Gasteiger partial charge on any atom is 0.318 e.